The second-order valence-corrected chi connectivity index (χ2v) is 5.22. The molecule has 1 N–H and O–H groups in total. The van der Waals surface area contributed by atoms with E-state index < -0.39 is 0 Å². The molecule has 1 rings (SSSR count). The minimum atomic E-state index is 0.544. The van der Waals surface area contributed by atoms with Gasteiger partial charge in [-0.15, -0.1) is 0 Å². The molecule has 1 nitrogen and oxygen atoms in total. The second-order valence-electron chi connectivity index (χ2n) is 4.81. The predicted molar refractivity (Wildman–Crippen MR) is 76.8 cm³/mol. The van der Waals surface area contributed by atoms with Crippen LogP contribution in [0, 0.1) is 12.8 Å². The lowest BCUT2D eigenvalue weighted by Crippen LogP contribution is -2.34. The van der Waals surface area contributed by atoms with Crippen LogP contribution in [0.15, 0.2) is 18.2 Å². The van der Waals surface area contributed by atoms with E-state index in [0.717, 1.165) is 18.0 Å². The molecule has 0 bridgehead atoms. The summed E-state index contributed by atoms with van der Waals surface area (Å²) in [5, 5.41) is 4.41. The Kier molecular flexibility index (Phi) is 6.01. The van der Waals surface area contributed by atoms with Crippen molar-refractivity contribution in [1.29, 1.82) is 0 Å². The molecule has 0 spiro atoms. The summed E-state index contributed by atoms with van der Waals surface area (Å²) < 4.78 is 0. The first-order valence-corrected chi connectivity index (χ1v) is 6.94. The average molecular weight is 254 g/mol. The maximum atomic E-state index is 6.29. The van der Waals surface area contributed by atoms with Crippen molar-refractivity contribution in [2.75, 3.05) is 6.54 Å². The van der Waals surface area contributed by atoms with Crippen LogP contribution in [-0.4, -0.2) is 12.6 Å². The Bertz CT molecular complexity index is 349. The Morgan fingerprint density at radius 1 is 1.29 bits per heavy atom. The van der Waals surface area contributed by atoms with E-state index in [-0.39, 0.29) is 0 Å². The van der Waals surface area contributed by atoms with E-state index in [9.17, 15) is 0 Å². The Labute approximate surface area is 111 Å². The lowest BCUT2D eigenvalue weighted by molar-refractivity contribution is 0.368. The summed E-state index contributed by atoms with van der Waals surface area (Å²) in [5.74, 6) is 0.648. The summed E-state index contributed by atoms with van der Waals surface area (Å²) in [6.45, 7) is 9.77. The van der Waals surface area contributed by atoms with Crippen LogP contribution in [0.5, 0.6) is 0 Å². The lowest BCUT2D eigenvalue weighted by atomic mass is 9.90. The Morgan fingerprint density at radius 3 is 2.53 bits per heavy atom. The molecular weight excluding hydrogens is 230 g/mol. The average Bonchev–Trinajstić information content (AvgIpc) is 2.28. The highest BCUT2D eigenvalue weighted by atomic mass is 35.5. The lowest BCUT2D eigenvalue weighted by Gasteiger charge is -2.24. The molecule has 0 aliphatic rings. The van der Waals surface area contributed by atoms with Gasteiger partial charge in [-0.25, -0.2) is 0 Å². The van der Waals surface area contributed by atoms with Crippen molar-refractivity contribution in [3.05, 3.63) is 34.3 Å². The molecule has 2 atom stereocenters. The van der Waals surface area contributed by atoms with Crippen molar-refractivity contribution in [2.24, 2.45) is 5.92 Å². The summed E-state index contributed by atoms with van der Waals surface area (Å²) in [6.07, 6.45) is 2.24. The largest absolute Gasteiger partial charge is 0.314 e. The van der Waals surface area contributed by atoms with Gasteiger partial charge in [0.05, 0.1) is 0 Å². The minimum absolute atomic E-state index is 0.544. The summed E-state index contributed by atoms with van der Waals surface area (Å²) in [6, 6.07) is 6.91. The number of aryl methyl sites for hydroxylation is 1. The van der Waals surface area contributed by atoms with E-state index in [1.54, 1.807) is 0 Å². The smallest absolute Gasteiger partial charge is 0.0440 e. The molecule has 0 aliphatic carbocycles. The molecule has 2 unspecified atom stereocenters. The van der Waals surface area contributed by atoms with Crippen molar-refractivity contribution >= 4 is 11.6 Å². The third-order valence-corrected chi connectivity index (χ3v) is 3.80. The number of rotatable bonds is 6. The van der Waals surface area contributed by atoms with Crippen LogP contribution >= 0.6 is 11.6 Å². The van der Waals surface area contributed by atoms with Gasteiger partial charge in [-0.3, -0.25) is 0 Å². The van der Waals surface area contributed by atoms with Gasteiger partial charge in [0.1, 0.15) is 0 Å². The van der Waals surface area contributed by atoms with E-state index in [1.165, 1.54) is 17.5 Å². The maximum absolute atomic E-state index is 6.29. The third kappa shape index (κ3) is 4.33. The summed E-state index contributed by atoms with van der Waals surface area (Å²) in [4.78, 5) is 0. The number of hydrogen-bond acceptors (Lipinski definition) is 1. The fourth-order valence-electron chi connectivity index (χ4n) is 2.26. The van der Waals surface area contributed by atoms with Crippen molar-refractivity contribution in [2.45, 2.75) is 46.6 Å². The summed E-state index contributed by atoms with van der Waals surface area (Å²) in [5.41, 5.74) is 2.50. The van der Waals surface area contributed by atoms with Crippen LogP contribution in [-0.2, 0) is 6.42 Å². The van der Waals surface area contributed by atoms with Crippen LogP contribution in [0.3, 0.4) is 0 Å². The van der Waals surface area contributed by atoms with Crippen LogP contribution < -0.4 is 5.32 Å². The normalized spacial score (nSPS) is 14.6. The van der Waals surface area contributed by atoms with E-state index in [1.807, 2.05) is 0 Å². The Morgan fingerprint density at radius 2 is 2.00 bits per heavy atom. The predicted octanol–water partition coefficient (Wildman–Crippen LogP) is 4.22. The van der Waals surface area contributed by atoms with Crippen molar-refractivity contribution < 1.29 is 0 Å². The highest BCUT2D eigenvalue weighted by Gasteiger charge is 2.16. The van der Waals surface area contributed by atoms with E-state index in [4.69, 9.17) is 11.6 Å². The minimum Gasteiger partial charge on any atom is -0.314 e. The second kappa shape index (κ2) is 7.03. The molecule has 0 saturated carbocycles. The molecule has 1 aromatic rings. The molecule has 0 fully saturated rings. The van der Waals surface area contributed by atoms with E-state index in [0.29, 0.717) is 12.0 Å². The first-order valence-electron chi connectivity index (χ1n) is 6.56. The van der Waals surface area contributed by atoms with Crippen molar-refractivity contribution in [1.82, 2.24) is 5.32 Å². The van der Waals surface area contributed by atoms with Gasteiger partial charge in [-0.05, 0) is 49.9 Å². The monoisotopic (exact) mass is 253 g/mol. The van der Waals surface area contributed by atoms with Gasteiger partial charge >= 0.3 is 0 Å². The molecule has 0 saturated heterocycles. The topological polar surface area (TPSA) is 12.0 Å². The van der Waals surface area contributed by atoms with Crippen molar-refractivity contribution in [3.8, 4) is 0 Å². The van der Waals surface area contributed by atoms with Gasteiger partial charge in [0, 0.05) is 11.1 Å². The summed E-state index contributed by atoms with van der Waals surface area (Å²) in [7, 11) is 0. The fourth-order valence-corrected chi connectivity index (χ4v) is 2.58. The highest BCUT2D eigenvalue weighted by Crippen LogP contribution is 2.23. The summed E-state index contributed by atoms with van der Waals surface area (Å²) >= 11 is 6.29. The molecule has 17 heavy (non-hydrogen) atoms. The number of halogens is 1. The molecule has 0 heterocycles. The molecule has 0 radical (unpaired) electrons. The molecule has 0 amide bonds. The van der Waals surface area contributed by atoms with Gasteiger partial charge in [0.2, 0.25) is 0 Å². The van der Waals surface area contributed by atoms with Crippen LogP contribution in [0.4, 0.5) is 0 Å². The van der Waals surface area contributed by atoms with Crippen molar-refractivity contribution in [3.63, 3.8) is 0 Å². The standard InChI is InChI=1S/C15H24ClN/c1-5-13(12(4)17-6-2)10-14-8-7-11(3)9-15(14)16/h7-9,12-13,17H,5-6,10H2,1-4H3. The van der Waals surface area contributed by atoms with Gasteiger partial charge in [-0.2, -0.15) is 0 Å². The van der Waals surface area contributed by atoms with Crippen LogP contribution in [0.25, 0.3) is 0 Å². The van der Waals surface area contributed by atoms with Gasteiger partial charge in [0.15, 0.2) is 0 Å². The number of nitrogens with one attached hydrogen (secondary N) is 1. The number of hydrogen-bond donors (Lipinski definition) is 1. The molecule has 1 aromatic carbocycles. The van der Waals surface area contributed by atoms with E-state index >= 15 is 0 Å². The zero-order valence-corrected chi connectivity index (χ0v) is 12.1. The Hall–Kier alpha value is -0.530. The third-order valence-electron chi connectivity index (χ3n) is 3.45. The first kappa shape index (κ1) is 14.5. The molecule has 2 heteroatoms. The van der Waals surface area contributed by atoms with Gasteiger partial charge in [0.25, 0.3) is 0 Å². The quantitative estimate of drug-likeness (QED) is 0.801. The molecular formula is C15H24ClN. The SMILES string of the molecule is CCNC(C)C(CC)Cc1ccc(C)cc1Cl. The molecule has 0 aromatic heterocycles. The maximum Gasteiger partial charge on any atom is 0.0440 e. The molecule has 96 valence electrons. The zero-order valence-electron chi connectivity index (χ0n) is 11.4. The molecule has 0 aliphatic heterocycles. The zero-order chi connectivity index (χ0) is 12.8. The van der Waals surface area contributed by atoms with Crippen LogP contribution in [0.1, 0.15) is 38.3 Å². The van der Waals surface area contributed by atoms with Gasteiger partial charge < -0.3 is 5.32 Å². The van der Waals surface area contributed by atoms with E-state index in [2.05, 4.69) is 51.2 Å². The number of benzene rings is 1. The van der Waals surface area contributed by atoms with Gasteiger partial charge in [-0.1, -0.05) is 44.0 Å². The fraction of sp³-hybridized carbons (Fsp3) is 0.600. The highest BCUT2D eigenvalue weighted by molar-refractivity contribution is 6.31. The van der Waals surface area contributed by atoms with Crippen LogP contribution in [0.2, 0.25) is 5.02 Å². The Balaban J connectivity index is 2.73. The first-order chi connectivity index (χ1) is 8.08.